The van der Waals surface area contributed by atoms with Gasteiger partial charge in [-0.3, -0.25) is 0 Å². The normalized spacial score (nSPS) is 10.5. The van der Waals surface area contributed by atoms with Gasteiger partial charge in [-0.05, 0) is 12.1 Å². The van der Waals surface area contributed by atoms with Gasteiger partial charge >= 0.3 is 5.97 Å². The molecule has 15 heavy (non-hydrogen) atoms. The Morgan fingerprint density at radius 3 is 3.07 bits per heavy atom. The third-order valence-electron chi connectivity index (χ3n) is 1.93. The summed E-state index contributed by atoms with van der Waals surface area (Å²) in [7, 11) is 0. The van der Waals surface area contributed by atoms with Gasteiger partial charge < -0.3 is 14.2 Å². The van der Waals surface area contributed by atoms with E-state index in [-0.39, 0.29) is 5.69 Å². The maximum absolute atomic E-state index is 10.8. The monoisotopic (exact) mass is 207 g/mol. The minimum absolute atomic E-state index is 0.206. The van der Waals surface area contributed by atoms with Crippen molar-refractivity contribution in [2.75, 3.05) is 0 Å². The topological polar surface area (TPSA) is 81.2 Å². The number of nitrogens with zero attached hydrogens (tertiary/aromatic N) is 3. The van der Waals surface area contributed by atoms with Crippen LogP contribution in [0.3, 0.4) is 0 Å². The third-order valence-corrected chi connectivity index (χ3v) is 1.93. The van der Waals surface area contributed by atoms with Crippen molar-refractivity contribution in [1.29, 1.82) is 0 Å². The van der Waals surface area contributed by atoms with Gasteiger partial charge in [-0.1, -0.05) is 5.16 Å². The van der Waals surface area contributed by atoms with Crippen LogP contribution in [0, 0.1) is 6.92 Å². The lowest BCUT2D eigenvalue weighted by atomic mass is 10.4. The minimum atomic E-state index is -0.972. The van der Waals surface area contributed by atoms with Crippen LogP contribution in [0.2, 0.25) is 0 Å². The fourth-order valence-corrected chi connectivity index (χ4v) is 1.30. The summed E-state index contributed by atoms with van der Waals surface area (Å²) in [5, 5.41) is 12.5. The van der Waals surface area contributed by atoms with E-state index in [1.54, 1.807) is 23.8 Å². The Morgan fingerprint density at radius 2 is 2.47 bits per heavy atom. The molecule has 6 heteroatoms. The fourth-order valence-electron chi connectivity index (χ4n) is 1.30. The molecule has 0 fully saturated rings. The highest BCUT2D eigenvalue weighted by atomic mass is 16.5. The molecule has 2 rings (SSSR count). The molecule has 0 bridgehead atoms. The molecule has 1 N–H and O–H groups in total. The zero-order valence-electron chi connectivity index (χ0n) is 8.04. The van der Waals surface area contributed by atoms with Crippen LogP contribution in [0.4, 0.5) is 0 Å². The summed E-state index contributed by atoms with van der Waals surface area (Å²) in [6, 6.07) is 3.19. The molecule has 0 radical (unpaired) electrons. The summed E-state index contributed by atoms with van der Waals surface area (Å²) < 4.78 is 6.34. The van der Waals surface area contributed by atoms with Gasteiger partial charge in [-0.25, -0.2) is 4.79 Å². The summed E-state index contributed by atoms with van der Waals surface area (Å²) in [4.78, 5) is 14.8. The van der Waals surface area contributed by atoms with E-state index in [0.29, 0.717) is 18.3 Å². The standard InChI is InChI=1S/C9H9N3O3/c1-6-10-8(11-15-6)5-12-4-2-3-7(12)9(13)14/h2-4H,5H2,1H3,(H,13,14). The van der Waals surface area contributed by atoms with Crippen LogP contribution < -0.4 is 0 Å². The number of aromatic carboxylic acids is 1. The van der Waals surface area contributed by atoms with Crippen LogP contribution in [0.15, 0.2) is 22.9 Å². The molecule has 0 aromatic carbocycles. The lowest BCUT2D eigenvalue weighted by Gasteiger charge is -2.01. The van der Waals surface area contributed by atoms with Crippen molar-refractivity contribution < 1.29 is 14.4 Å². The minimum Gasteiger partial charge on any atom is -0.477 e. The van der Waals surface area contributed by atoms with E-state index in [0.717, 1.165) is 0 Å². The fraction of sp³-hybridized carbons (Fsp3) is 0.222. The lowest BCUT2D eigenvalue weighted by molar-refractivity contribution is 0.0685. The summed E-state index contributed by atoms with van der Waals surface area (Å²) in [6.45, 7) is 1.98. The van der Waals surface area contributed by atoms with Crippen molar-refractivity contribution in [1.82, 2.24) is 14.7 Å². The maximum atomic E-state index is 10.8. The summed E-state index contributed by atoms with van der Waals surface area (Å²) in [5.41, 5.74) is 0.206. The van der Waals surface area contributed by atoms with Crippen molar-refractivity contribution >= 4 is 5.97 Å². The highest BCUT2D eigenvalue weighted by molar-refractivity contribution is 5.85. The highest BCUT2D eigenvalue weighted by Crippen LogP contribution is 2.05. The molecule has 0 saturated heterocycles. The first-order valence-corrected chi connectivity index (χ1v) is 4.34. The Labute approximate surface area is 85.1 Å². The molecule has 2 aromatic heterocycles. The number of hydrogen-bond acceptors (Lipinski definition) is 4. The number of aryl methyl sites for hydroxylation is 1. The first kappa shape index (κ1) is 9.45. The second kappa shape index (κ2) is 3.56. The molecular weight excluding hydrogens is 198 g/mol. The number of hydrogen-bond donors (Lipinski definition) is 1. The molecular formula is C9H9N3O3. The molecule has 6 nitrogen and oxygen atoms in total. The molecule has 2 aromatic rings. The molecule has 0 atom stereocenters. The first-order valence-electron chi connectivity index (χ1n) is 4.34. The van der Waals surface area contributed by atoms with Crippen molar-refractivity contribution in [2.45, 2.75) is 13.5 Å². The summed E-state index contributed by atoms with van der Waals surface area (Å²) in [5.74, 6) is -0.0413. The van der Waals surface area contributed by atoms with Crippen LogP contribution in [-0.2, 0) is 6.54 Å². The van der Waals surface area contributed by atoms with Crippen molar-refractivity contribution in [3.8, 4) is 0 Å². The van der Waals surface area contributed by atoms with E-state index in [2.05, 4.69) is 10.1 Å². The smallest absolute Gasteiger partial charge is 0.352 e. The average Bonchev–Trinajstić information content (AvgIpc) is 2.75. The predicted molar refractivity (Wildman–Crippen MR) is 49.5 cm³/mol. The van der Waals surface area contributed by atoms with Crippen LogP contribution in [0.25, 0.3) is 0 Å². The van der Waals surface area contributed by atoms with Crippen LogP contribution >= 0.6 is 0 Å². The number of rotatable bonds is 3. The Hall–Kier alpha value is -2.11. The van der Waals surface area contributed by atoms with Crippen molar-refractivity contribution in [3.63, 3.8) is 0 Å². The van der Waals surface area contributed by atoms with Crippen LogP contribution in [-0.4, -0.2) is 25.8 Å². The molecule has 0 aliphatic heterocycles. The van der Waals surface area contributed by atoms with E-state index in [9.17, 15) is 4.79 Å². The van der Waals surface area contributed by atoms with Gasteiger partial charge in [0.2, 0.25) is 5.89 Å². The summed E-state index contributed by atoms with van der Waals surface area (Å²) >= 11 is 0. The quantitative estimate of drug-likeness (QED) is 0.809. The first-order chi connectivity index (χ1) is 7.16. The molecule has 0 amide bonds. The molecule has 0 saturated carbocycles. The Kier molecular flexibility index (Phi) is 2.24. The van der Waals surface area contributed by atoms with Gasteiger partial charge in [-0.2, -0.15) is 4.98 Å². The van der Waals surface area contributed by atoms with Gasteiger partial charge in [0.15, 0.2) is 5.82 Å². The third kappa shape index (κ3) is 1.88. The average molecular weight is 207 g/mol. The largest absolute Gasteiger partial charge is 0.477 e. The van der Waals surface area contributed by atoms with Crippen molar-refractivity contribution in [3.05, 3.63) is 35.7 Å². The number of carboxylic acids is 1. The lowest BCUT2D eigenvalue weighted by Crippen LogP contribution is -2.09. The van der Waals surface area contributed by atoms with Crippen LogP contribution in [0.1, 0.15) is 22.2 Å². The molecule has 2 heterocycles. The van der Waals surface area contributed by atoms with Gasteiger partial charge in [-0.15, -0.1) is 0 Å². The Balaban J connectivity index is 2.24. The van der Waals surface area contributed by atoms with Gasteiger partial charge in [0.05, 0.1) is 6.54 Å². The van der Waals surface area contributed by atoms with E-state index < -0.39 is 5.97 Å². The van der Waals surface area contributed by atoms with Gasteiger partial charge in [0, 0.05) is 13.1 Å². The van der Waals surface area contributed by atoms with E-state index in [1.807, 2.05) is 0 Å². The Bertz CT molecular complexity index is 486. The number of carboxylic acid groups (broad SMARTS) is 1. The predicted octanol–water partition coefficient (Wildman–Crippen LogP) is 0.926. The number of aromatic nitrogens is 3. The zero-order valence-corrected chi connectivity index (χ0v) is 8.04. The van der Waals surface area contributed by atoms with Gasteiger partial charge in [0.1, 0.15) is 5.69 Å². The molecule has 0 aliphatic rings. The molecule has 0 aliphatic carbocycles. The number of carbonyl (C=O) groups is 1. The van der Waals surface area contributed by atoms with Gasteiger partial charge in [0.25, 0.3) is 0 Å². The Morgan fingerprint density at radius 1 is 1.67 bits per heavy atom. The second-order valence-electron chi connectivity index (χ2n) is 3.06. The molecule has 0 spiro atoms. The second-order valence-corrected chi connectivity index (χ2v) is 3.06. The maximum Gasteiger partial charge on any atom is 0.352 e. The highest BCUT2D eigenvalue weighted by Gasteiger charge is 2.10. The van der Waals surface area contributed by atoms with Crippen molar-refractivity contribution in [2.24, 2.45) is 0 Å². The van der Waals surface area contributed by atoms with Crippen LogP contribution in [0.5, 0.6) is 0 Å². The summed E-state index contributed by atoms with van der Waals surface area (Å²) in [6.07, 6.45) is 1.66. The zero-order chi connectivity index (χ0) is 10.8. The van der Waals surface area contributed by atoms with E-state index >= 15 is 0 Å². The molecule has 78 valence electrons. The van der Waals surface area contributed by atoms with E-state index in [4.69, 9.17) is 9.63 Å². The SMILES string of the molecule is Cc1nc(Cn2cccc2C(=O)O)no1. The van der Waals surface area contributed by atoms with E-state index in [1.165, 1.54) is 6.07 Å². The molecule has 0 unspecified atom stereocenters.